The lowest BCUT2D eigenvalue weighted by molar-refractivity contribution is 0.195. The predicted octanol–water partition coefficient (Wildman–Crippen LogP) is 4.00. The van der Waals surface area contributed by atoms with Gasteiger partial charge in [-0.15, -0.1) is 0 Å². The van der Waals surface area contributed by atoms with Crippen molar-refractivity contribution < 1.29 is 9.26 Å². The van der Waals surface area contributed by atoms with Gasteiger partial charge in [-0.25, -0.2) is 4.98 Å². The maximum atomic E-state index is 13.5. The van der Waals surface area contributed by atoms with Crippen molar-refractivity contribution in [2.45, 2.75) is 39.8 Å². The van der Waals surface area contributed by atoms with Crippen molar-refractivity contribution in [1.82, 2.24) is 24.7 Å². The second-order valence-electron chi connectivity index (χ2n) is 8.07. The van der Waals surface area contributed by atoms with E-state index in [9.17, 15) is 4.79 Å². The summed E-state index contributed by atoms with van der Waals surface area (Å²) in [6, 6.07) is 5.61. The van der Waals surface area contributed by atoms with E-state index < -0.39 is 0 Å². The van der Waals surface area contributed by atoms with Crippen molar-refractivity contribution in [2.75, 3.05) is 18.5 Å². The van der Waals surface area contributed by atoms with Crippen molar-refractivity contribution in [3.8, 4) is 22.5 Å². The quantitative estimate of drug-likeness (QED) is 0.470. The highest BCUT2D eigenvalue weighted by molar-refractivity contribution is 6.33. The van der Waals surface area contributed by atoms with Gasteiger partial charge in [-0.3, -0.25) is 9.36 Å². The highest BCUT2D eigenvalue weighted by Gasteiger charge is 2.20. The van der Waals surface area contributed by atoms with Crippen molar-refractivity contribution in [3.05, 3.63) is 51.2 Å². The van der Waals surface area contributed by atoms with E-state index in [1.807, 2.05) is 19.9 Å². The Kier molecular flexibility index (Phi) is 5.59. The fourth-order valence-electron chi connectivity index (χ4n) is 4.08. The third-order valence-corrected chi connectivity index (χ3v) is 6.09. The molecule has 1 unspecified atom stereocenters. The molecule has 9 nitrogen and oxygen atoms in total. The SMILES string of the molecule is CCn1c(=O)c(-c2cc(C)c(-c3noc(C)n3)cc2Cl)cc2cnc(NC3CCOC3)nc21. The first-order valence-electron chi connectivity index (χ1n) is 10.8. The molecule has 10 heteroatoms. The van der Waals surface area contributed by atoms with Crippen LogP contribution < -0.4 is 10.9 Å². The van der Waals surface area contributed by atoms with E-state index >= 15 is 0 Å². The fraction of sp³-hybridized carbons (Fsp3) is 0.348. The summed E-state index contributed by atoms with van der Waals surface area (Å²) in [7, 11) is 0. The topological polar surface area (TPSA) is 108 Å². The number of hydrogen-bond acceptors (Lipinski definition) is 8. The lowest BCUT2D eigenvalue weighted by Gasteiger charge is -2.15. The van der Waals surface area contributed by atoms with Crippen LogP contribution in [0.3, 0.4) is 0 Å². The third-order valence-electron chi connectivity index (χ3n) is 5.78. The Morgan fingerprint density at radius 2 is 2.03 bits per heavy atom. The number of rotatable bonds is 5. The number of aromatic nitrogens is 5. The van der Waals surface area contributed by atoms with Gasteiger partial charge in [-0.2, -0.15) is 9.97 Å². The molecular formula is C23H23ClN6O3. The van der Waals surface area contributed by atoms with E-state index in [1.165, 1.54) is 0 Å². The molecule has 170 valence electrons. The number of halogens is 1. The Hall–Kier alpha value is -3.30. The van der Waals surface area contributed by atoms with Crippen LogP contribution in [0.25, 0.3) is 33.5 Å². The van der Waals surface area contributed by atoms with Crippen LogP contribution in [0.4, 0.5) is 5.95 Å². The zero-order valence-electron chi connectivity index (χ0n) is 18.6. The van der Waals surface area contributed by atoms with E-state index in [2.05, 4.69) is 25.4 Å². The fourth-order valence-corrected chi connectivity index (χ4v) is 4.35. The summed E-state index contributed by atoms with van der Waals surface area (Å²) in [6.45, 7) is 7.38. The molecule has 0 spiro atoms. The number of hydrogen-bond donors (Lipinski definition) is 1. The van der Waals surface area contributed by atoms with Crippen molar-refractivity contribution in [1.29, 1.82) is 0 Å². The Labute approximate surface area is 194 Å². The summed E-state index contributed by atoms with van der Waals surface area (Å²) in [4.78, 5) is 26.8. The first kappa shape index (κ1) is 21.5. The minimum atomic E-state index is -0.164. The second kappa shape index (κ2) is 8.57. The molecule has 0 bridgehead atoms. The molecule has 1 atom stereocenters. The van der Waals surface area contributed by atoms with Crippen molar-refractivity contribution in [3.63, 3.8) is 0 Å². The molecule has 1 fully saturated rings. The summed E-state index contributed by atoms with van der Waals surface area (Å²) < 4.78 is 12.1. The Balaban J connectivity index is 1.60. The van der Waals surface area contributed by atoms with E-state index in [1.54, 1.807) is 29.8 Å². The van der Waals surface area contributed by atoms with Crippen LogP contribution in [0.5, 0.6) is 0 Å². The normalized spacial score (nSPS) is 15.9. The molecule has 3 aromatic heterocycles. The largest absolute Gasteiger partial charge is 0.379 e. The average Bonchev–Trinajstić information content (AvgIpc) is 3.46. The minimum Gasteiger partial charge on any atom is -0.379 e. The molecule has 1 aliphatic rings. The molecule has 1 aliphatic heterocycles. The lowest BCUT2D eigenvalue weighted by Crippen LogP contribution is -2.24. The van der Waals surface area contributed by atoms with Crippen LogP contribution in [0.1, 0.15) is 24.8 Å². The molecule has 1 N–H and O–H groups in total. The Bertz CT molecular complexity index is 1410. The van der Waals surface area contributed by atoms with Gasteiger partial charge in [0.2, 0.25) is 17.7 Å². The van der Waals surface area contributed by atoms with E-state index in [0.29, 0.717) is 52.6 Å². The van der Waals surface area contributed by atoms with E-state index in [4.69, 9.17) is 20.9 Å². The number of nitrogens with zero attached hydrogens (tertiary/aromatic N) is 5. The first-order chi connectivity index (χ1) is 15.9. The van der Waals surface area contributed by atoms with Crippen LogP contribution in [-0.4, -0.2) is 43.9 Å². The Morgan fingerprint density at radius 3 is 2.73 bits per heavy atom. The molecule has 0 aliphatic carbocycles. The summed E-state index contributed by atoms with van der Waals surface area (Å²) in [5.74, 6) is 1.42. The Morgan fingerprint density at radius 1 is 1.18 bits per heavy atom. The molecule has 1 saturated heterocycles. The van der Waals surface area contributed by atoms with Gasteiger partial charge in [-0.05, 0) is 44.0 Å². The molecule has 0 amide bonds. The molecule has 33 heavy (non-hydrogen) atoms. The van der Waals surface area contributed by atoms with Crippen LogP contribution in [0, 0.1) is 13.8 Å². The van der Waals surface area contributed by atoms with E-state index in [-0.39, 0.29) is 11.6 Å². The number of ether oxygens (including phenoxy) is 1. The monoisotopic (exact) mass is 466 g/mol. The summed E-state index contributed by atoms with van der Waals surface area (Å²) in [5, 5.41) is 8.45. The predicted molar refractivity (Wildman–Crippen MR) is 126 cm³/mol. The van der Waals surface area contributed by atoms with Crippen LogP contribution >= 0.6 is 11.6 Å². The second-order valence-corrected chi connectivity index (χ2v) is 8.48. The zero-order valence-corrected chi connectivity index (χ0v) is 19.3. The zero-order chi connectivity index (χ0) is 23.1. The molecule has 0 radical (unpaired) electrons. The summed E-state index contributed by atoms with van der Waals surface area (Å²) >= 11 is 6.64. The first-order valence-corrected chi connectivity index (χ1v) is 11.2. The van der Waals surface area contributed by atoms with E-state index in [0.717, 1.165) is 29.5 Å². The summed E-state index contributed by atoms with van der Waals surface area (Å²) in [6.07, 6.45) is 2.63. The van der Waals surface area contributed by atoms with Crippen LogP contribution in [0.2, 0.25) is 5.02 Å². The maximum Gasteiger partial charge on any atom is 0.260 e. The number of benzene rings is 1. The molecule has 5 rings (SSSR count). The van der Waals surface area contributed by atoms with Gasteiger partial charge in [0, 0.05) is 53.4 Å². The third kappa shape index (κ3) is 3.98. The van der Waals surface area contributed by atoms with Gasteiger partial charge < -0.3 is 14.6 Å². The van der Waals surface area contributed by atoms with Crippen molar-refractivity contribution in [2.24, 2.45) is 0 Å². The van der Waals surface area contributed by atoms with Crippen molar-refractivity contribution >= 4 is 28.6 Å². The number of anilines is 1. The molecule has 4 heterocycles. The van der Waals surface area contributed by atoms with Crippen LogP contribution in [-0.2, 0) is 11.3 Å². The minimum absolute atomic E-state index is 0.164. The number of nitrogens with one attached hydrogen (secondary N) is 1. The van der Waals surface area contributed by atoms with Gasteiger partial charge in [-0.1, -0.05) is 16.8 Å². The standard InChI is InChI=1S/C23H23ClN6O3/c1-4-30-21-14(10-25-23(28-21)27-15-5-6-32-11-15)8-18(22(30)31)17-7-12(2)16(9-19(17)24)20-26-13(3)33-29-20/h7-10,15H,4-6,11H2,1-3H3,(H,25,27,28). The molecule has 0 saturated carbocycles. The average molecular weight is 467 g/mol. The lowest BCUT2D eigenvalue weighted by atomic mass is 9.99. The number of pyridine rings is 1. The number of aryl methyl sites for hydroxylation is 3. The van der Waals surface area contributed by atoms with Gasteiger partial charge in [0.25, 0.3) is 5.56 Å². The van der Waals surface area contributed by atoms with Gasteiger partial charge in [0.1, 0.15) is 5.65 Å². The van der Waals surface area contributed by atoms with Gasteiger partial charge in [0.15, 0.2) is 0 Å². The highest BCUT2D eigenvalue weighted by Crippen LogP contribution is 2.33. The molecular weight excluding hydrogens is 444 g/mol. The smallest absolute Gasteiger partial charge is 0.260 e. The molecule has 4 aromatic rings. The van der Waals surface area contributed by atoms with Gasteiger partial charge in [0.05, 0.1) is 12.6 Å². The van der Waals surface area contributed by atoms with Gasteiger partial charge >= 0.3 is 0 Å². The summed E-state index contributed by atoms with van der Waals surface area (Å²) in [5.41, 5.74) is 3.18. The molecule has 1 aromatic carbocycles. The van der Waals surface area contributed by atoms with Crippen LogP contribution in [0.15, 0.2) is 33.7 Å². The maximum absolute atomic E-state index is 13.5. The highest BCUT2D eigenvalue weighted by atomic mass is 35.5. The number of fused-ring (bicyclic) bond motifs is 1.